The number of thiophene rings is 1. The van der Waals surface area contributed by atoms with Gasteiger partial charge in [0.2, 0.25) is 0 Å². The molecular weight excluding hydrogens is 298 g/mol. The fraction of sp³-hybridized carbons (Fsp3) is 0.500. The molecule has 22 heavy (non-hydrogen) atoms. The van der Waals surface area contributed by atoms with Crippen molar-refractivity contribution in [3.05, 3.63) is 23.7 Å². The van der Waals surface area contributed by atoms with E-state index in [0.717, 1.165) is 38.0 Å². The van der Waals surface area contributed by atoms with Crippen LogP contribution in [-0.2, 0) is 9.53 Å². The average Bonchev–Trinajstić information content (AvgIpc) is 3.25. The summed E-state index contributed by atoms with van der Waals surface area (Å²) in [7, 11) is 0. The minimum absolute atomic E-state index is 0.152. The third-order valence-electron chi connectivity index (χ3n) is 4.42. The summed E-state index contributed by atoms with van der Waals surface area (Å²) in [6.45, 7) is 3.80. The van der Waals surface area contributed by atoms with Gasteiger partial charge in [0.05, 0.1) is 29.1 Å². The van der Waals surface area contributed by atoms with Crippen LogP contribution in [-0.4, -0.2) is 54.7 Å². The molecule has 2 saturated heterocycles. The molecule has 4 rings (SSSR count). The first kappa shape index (κ1) is 14.0. The van der Waals surface area contributed by atoms with Gasteiger partial charge in [-0.05, 0) is 30.4 Å². The maximum Gasteiger partial charge on any atom is 0.253 e. The Morgan fingerprint density at radius 3 is 3.00 bits per heavy atom. The highest BCUT2D eigenvalue weighted by Gasteiger charge is 2.32. The molecule has 116 valence electrons. The van der Waals surface area contributed by atoms with E-state index in [4.69, 9.17) is 4.74 Å². The summed E-state index contributed by atoms with van der Waals surface area (Å²) in [5.41, 5.74) is 2.19. The second kappa shape index (κ2) is 5.85. The van der Waals surface area contributed by atoms with E-state index in [1.54, 1.807) is 11.3 Å². The van der Waals surface area contributed by atoms with Gasteiger partial charge in [-0.3, -0.25) is 9.78 Å². The highest BCUT2D eigenvalue weighted by Crippen LogP contribution is 2.31. The van der Waals surface area contributed by atoms with Crippen LogP contribution in [0.4, 0.5) is 5.69 Å². The first-order chi connectivity index (χ1) is 10.8. The van der Waals surface area contributed by atoms with Gasteiger partial charge < -0.3 is 14.5 Å². The highest BCUT2D eigenvalue weighted by molar-refractivity contribution is 7.17. The zero-order valence-electron chi connectivity index (χ0n) is 12.4. The van der Waals surface area contributed by atoms with Crippen LogP contribution in [0, 0.1) is 0 Å². The summed E-state index contributed by atoms with van der Waals surface area (Å²) < 4.78 is 6.94. The first-order valence-electron chi connectivity index (χ1n) is 7.80. The summed E-state index contributed by atoms with van der Waals surface area (Å²) in [6.07, 6.45) is 3.73. The third kappa shape index (κ3) is 2.46. The SMILES string of the molecule is O=C(C1CN(c2ccnc3ccsc23)CCO1)N1CCCC1. The number of hydrogen-bond donors (Lipinski definition) is 0. The van der Waals surface area contributed by atoms with Gasteiger partial charge in [0.1, 0.15) is 0 Å². The Kier molecular flexibility index (Phi) is 3.72. The van der Waals surface area contributed by atoms with Crippen molar-refractivity contribution in [1.82, 2.24) is 9.88 Å². The molecule has 2 aliphatic rings. The molecular formula is C16H19N3O2S. The van der Waals surface area contributed by atoms with Crippen molar-refractivity contribution in [2.75, 3.05) is 37.7 Å². The Labute approximate surface area is 133 Å². The van der Waals surface area contributed by atoms with Crippen molar-refractivity contribution in [2.24, 2.45) is 0 Å². The van der Waals surface area contributed by atoms with Gasteiger partial charge in [0, 0.05) is 25.8 Å². The molecule has 0 aromatic carbocycles. The Bertz CT molecular complexity index is 681. The quantitative estimate of drug-likeness (QED) is 0.851. The van der Waals surface area contributed by atoms with Crippen LogP contribution in [0.15, 0.2) is 23.7 Å². The van der Waals surface area contributed by atoms with Crippen LogP contribution in [0.25, 0.3) is 10.2 Å². The maximum atomic E-state index is 12.6. The lowest BCUT2D eigenvalue weighted by Crippen LogP contribution is -2.50. The van der Waals surface area contributed by atoms with Crippen molar-refractivity contribution < 1.29 is 9.53 Å². The summed E-state index contributed by atoms with van der Waals surface area (Å²) in [5.74, 6) is 0.152. The fourth-order valence-corrected chi connectivity index (χ4v) is 4.16. The number of likely N-dealkylation sites (tertiary alicyclic amines) is 1. The Hall–Kier alpha value is -1.66. The molecule has 2 aliphatic heterocycles. The van der Waals surface area contributed by atoms with Crippen molar-refractivity contribution in [3.63, 3.8) is 0 Å². The smallest absolute Gasteiger partial charge is 0.253 e. The number of morpholine rings is 1. The number of hydrogen-bond acceptors (Lipinski definition) is 5. The van der Waals surface area contributed by atoms with Crippen molar-refractivity contribution >= 4 is 33.1 Å². The molecule has 0 spiro atoms. The predicted molar refractivity (Wildman–Crippen MR) is 87.4 cm³/mol. The lowest BCUT2D eigenvalue weighted by atomic mass is 10.2. The van der Waals surface area contributed by atoms with Crippen LogP contribution < -0.4 is 4.90 Å². The molecule has 1 amide bonds. The Morgan fingerprint density at radius 1 is 1.27 bits per heavy atom. The van der Waals surface area contributed by atoms with E-state index in [9.17, 15) is 4.79 Å². The molecule has 0 saturated carbocycles. The molecule has 2 aromatic rings. The average molecular weight is 317 g/mol. The number of rotatable bonds is 2. The van der Waals surface area contributed by atoms with Crippen LogP contribution in [0.1, 0.15) is 12.8 Å². The molecule has 1 unspecified atom stereocenters. The second-order valence-corrected chi connectivity index (χ2v) is 6.72. The highest BCUT2D eigenvalue weighted by atomic mass is 32.1. The van der Waals surface area contributed by atoms with E-state index in [-0.39, 0.29) is 12.0 Å². The van der Waals surface area contributed by atoms with Gasteiger partial charge in [0.15, 0.2) is 6.10 Å². The van der Waals surface area contributed by atoms with Crippen LogP contribution in [0.5, 0.6) is 0 Å². The molecule has 0 radical (unpaired) electrons. The number of aromatic nitrogens is 1. The molecule has 6 heteroatoms. The van der Waals surface area contributed by atoms with E-state index in [1.807, 2.05) is 23.2 Å². The van der Waals surface area contributed by atoms with E-state index < -0.39 is 0 Å². The minimum atomic E-state index is -0.338. The van der Waals surface area contributed by atoms with Crippen LogP contribution in [0.2, 0.25) is 0 Å². The lowest BCUT2D eigenvalue weighted by Gasteiger charge is -2.35. The zero-order chi connectivity index (χ0) is 14.9. The van der Waals surface area contributed by atoms with Crippen LogP contribution >= 0.6 is 11.3 Å². The standard InChI is InChI=1S/C16H19N3O2S/c20-16(18-6-1-2-7-18)14-11-19(8-9-21-14)13-3-5-17-12-4-10-22-15(12)13/h3-5,10,14H,1-2,6-9,11H2. The van der Waals surface area contributed by atoms with E-state index >= 15 is 0 Å². The fourth-order valence-electron chi connectivity index (χ4n) is 3.27. The van der Waals surface area contributed by atoms with Gasteiger partial charge in [-0.15, -0.1) is 11.3 Å². The second-order valence-electron chi connectivity index (χ2n) is 5.80. The lowest BCUT2D eigenvalue weighted by molar-refractivity contribution is -0.143. The summed E-state index contributed by atoms with van der Waals surface area (Å²) in [6, 6.07) is 4.08. The molecule has 1 atom stereocenters. The zero-order valence-corrected chi connectivity index (χ0v) is 13.2. The van der Waals surface area contributed by atoms with E-state index in [0.29, 0.717) is 13.2 Å². The number of nitrogens with zero attached hydrogens (tertiary/aromatic N) is 3. The molecule has 2 fully saturated rings. The van der Waals surface area contributed by atoms with Crippen molar-refractivity contribution in [3.8, 4) is 0 Å². The van der Waals surface area contributed by atoms with Gasteiger partial charge in [-0.25, -0.2) is 0 Å². The molecule has 2 aromatic heterocycles. The van der Waals surface area contributed by atoms with Crippen molar-refractivity contribution in [1.29, 1.82) is 0 Å². The molecule has 5 nitrogen and oxygen atoms in total. The summed E-state index contributed by atoms with van der Waals surface area (Å²) in [4.78, 5) is 21.2. The Morgan fingerprint density at radius 2 is 2.14 bits per heavy atom. The number of carbonyl (C=O) groups is 1. The predicted octanol–water partition coefficient (Wildman–Crippen LogP) is 2.12. The topological polar surface area (TPSA) is 45.7 Å². The number of carbonyl (C=O) groups excluding carboxylic acids is 1. The summed E-state index contributed by atoms with van der Waals surface area (Å²) in [5, 5.41) is 2.06. The number of pyridine rings is 1. The maximum absolute atomic E-state index is 12.6. The van der Waals surface area contributed by atoms with Crippen molar-refractivity contribution in [2.45, 2.75) is 18.9 Å². The van der Waals surface area contributed by atoms with Crippen LogP contribution in [0.3, 0.4) is 0 Å². The van der Waals surface area contributed by atoms with Gasteiger partial charge >= 0.3 is 0 Å². The first-order valence-corrected chi connectivity index (χ1v) is 8.68. The monoisotopic (exact) mass is 317 g/mol. The van der Waals surface area contributed by atoms with E-state index in [1.165, 1.54) is 10.4 Å². The summed E-state index contributed by atoms with van der Waals surface area (Å²) >= 11 is 1.70. The largest absolute Gasteiger partial charge is 0.365 e. The van der Waals surface area contributed by atoms with Gasteiger partial charge in [-0.2, -0.15) is 0 Å². The number of ether oxygens (including phenoxy) is 1. The molecule has 4 heterocycles. The van der Waals surface area contributed by atoms with E-state index in [2.05, 4.69) is 15.3 Å². The normalized spacial score (nSPS) is 22.5. The number of fused-ring (bicyclic) bond motifs is 1. The van der Waals surface area contributed by atoms with Gasteiger partial charge in [0.25, 0.3) is 5.91 Å². The molecule has 0 N–H and O–H groups in total. The number of amides is 1. The third-order valence-corrected chi connectivity index (χ3v) is 5.35. The minimum Gasteiger partial charge on any atom is -0.365 e. The molecule has 0 aliphatic carbocycles. The number of anilines is 1. The van der Waals surface area contributed by atoms with Gasteiger partial charge in [-0.1, -0.05) is 0 Å². The molecule has 0 bridgehead atoms. The Balaban J connectivity index is 1.55.